The second kappa shape index (κ2) is 6.19. The van der Waals surface area contributed by atoms with E-state index in [0.29, 0.717) is 17.8 Å². The molecule has 4 rings (SSSR count). The quantitative estimate of drug-likeness (QED) is 0.734. The van der Waals surface area contributed by atoms with Gasteiger partial charge in [-0.2, -0.15) is 10.1 Å². The van der Waals surface area contributed by atoms with Crippen LogP contribution in [0.25, 0.3) is 5.95 Å². The van der Waals surface area contributed by atoms with Crippen molar-refractivity contribution in [1.29, 1.82) is 0 Å². The summed E-state index contributed by atoms with van der Waals surface area (Å²) in [7, 11) is 0. The minimum absolute atomic E-state index is 0. The summed E-state index contributed by atoms with van der Waals surface area (Å²) in [5, 5.41) is 9.17. The molecule has 126 valence electrons. The van der Waals surface area contributed by atoms with Crippen LogP contribution in [-0.4, -0.2) is 24.5 Å². The molecular weight excluding hydrogens is 305 g/mol. The van der Waals surface area contributed by atoms with E-state index in [9.17, 15) is 0 Å². The second-order valence-electron chi connectivity index (χ2n) is 6.65. The van der Waals surface area contributed by atoms with Crippen LogP contribution in [-0.2, 0) is 0 Å². The van der Waals surface area contributed by atoms with Crippen LogP contribution >= 0.6 is 0 Å². The van der Waals surface area contributed by atoms with Gasteiger partial charge in [0, 0.05) is 12.1 Å². The van der Waals surface area contributed by atoms with Gasteiger partial charge < -0.3 is 0 Å². The molecule has 0 spiro atoms. The molecule has 1 aliphatic rings. The minimum atomic E-state index is 0. The first-order chi connectivity index (χ1) is 11.1. The van der Waals surface area contributed by atoms with Gasteiger partial charge in [0.1, 0.15) is 5.82 Å². The Balaban J connectivity index is 0.00000169. The average Bonchev–Trinajstić information content (AvgIpc) is 3.24. The summed E-state index contributed by atoms with van der Waals surface area (Å²) < 4.78 is 3.86. The van der Waals surface area contributed by atoms with E-state index in [1.54, 1.807) is 4.68 Å². The maximum absolute atomic E-state index is 4.75. The van der Waals surface area contributed by atoms with Gasteiger partial charge in [-0.25, -0.2) is 9.36 Å². The molecule has 0 bridgehead atoms. The Labute approximate surface area is 140 Å². The number of rotatable bonds is 3. The van der Waals surface area contributed by atoms with Crippen molar-refractivity contribution in [2.75, 3.05) is 0 Å². The molecular formula is C18H22FN5. The molecule has 6 heteroatoms. The Hall–Kier alpha value is -2.50. The van der Waals surface area contributed by atoms with Gasteiger partial charge in [0.05, 0.1) is 12.2 Å². The molecule has 3 heterocycles. The maximum atomic E-state index is 4.75. The zero-order valence-electron chi connectivity index (χ0n) is 14.1. The maximum Gasteiger partial charge on any atom is 0.269 e. The Morgan fingerprint density at radius 2 is 1.92 bits per heavy atom. The molecule has 0 fully saturated rings. The lowest BCUT2D eigenvalue weighted by Gasteiger charge is -2.11. The van der Waals surface area contributed by atoms with Crippen LogP contribution in [0.1, 0.15) is 62.0 Å². The minimum Gasteiger partial charge on any atom is -0.269 e. The lowest BCUT2D eigenvalue weighted by atomic mass is 10.0. The Bertz CT molecular complexity index is 821. The molecule has 0 radical (unpaired) electrons. The van der Waals surface area contributed by atoms with Crippen molar-refractivity contribution in [3.63, 3.8) is 0 Å². The number of nitrogens with zero attached hydrogens (tertiary/aromatic N) is 5. The summed E-state index contributed by atoms with van der Waals surface area (Å²) in [5.74, 6) is 2.57. The second-order valence-corrected chi connectivity index (χ2v) is 6.65. The number of hydrogen-bond donors (Lipinski definition) is 0. The van der Waals surface area contributed by atoms with Gasteiger partial charge in [0.25, 0.3) is 5.95 Å². The lowest BCUT2D eigenvalue weighted by Crippen LogP contribution is -2.08. The number of aromatic nitrogens is 5. The average molecular weight is 327 g/mol. The van der Waals surface area contributed by atoms with Crippen molar-refractivity contribution >= 4 is 0 Å². The van der Waals surface area contributed by atoms with Crippen LogP contribution in [0.5, 0.6) is 0 Å². The summed E-state index contributed by atoms with van der Waals surface area (Å²) in [6.07, 6.45) is 4.98. The molecule has 5 nitrogen and oxygen atoms in total. The van der Waals surface area contributed by atoms with E-state index in [2.05, 4.69) is 54.8 Å². The molecule has 2 aromatic heterocycles. The van der Waals surface area contributed by atoms with E-state index in [-0.39, 0.29) is 10.7 Å². The number of fused-ring (bicyclic) bond motifs is 1. The number of halogens is 1. The van der Waals surface area contributed by atoms with Crippen LogP contribution < -0.4 is 0 Å². The molecule has 24 heavy (non-hydrogen) atoms. The largest absolute Gasteiger partial charge is 0.269 e. The van der Waals surface area contributed by atoms with Crippen LogP contribution in [0.15, 0.2) is 42.7 Å². The normalized spacial score (nSPS) is 19.3. The van der Waals surface area contributed by atoms with Gasteiger partial charge >= 0.3 is 0 Å². The Morgan fingerprint density at radius 1 is 1.17 bits per heavy atom. The highest BCUT2D eigenvalue weighted by Crippen LogP contribution is 2.38. The van der Waals surface area contributed by atoms with Gasteiger partial charge in [0.2, 0.25) is 0 Å². The first-order valence-corrected chi connectivity index (χ1v) is 8.20. The van der Waals surface area contributed by atoms with Crippen molar-refractivity contribution in [2.24, 2.45) is 0 Å². The topological polar surface area (TPSA) is 48.5 Å². The highest BCUT2D eigenvalue weighted by atomic mass is 19.0. The molecule has 1 aliphatic heterocycles. The highest BCUT2D eigenvalue weighted by molar-refractivity contribution is 5.26. The third-order valence-corrected chi connectivity index (χ3v) is 4.62. The van der Waals surface area contributed by atoms with Crippen molar-refractivity contribution < 1.29 is 4.70 Å². The standard InChI is InChI=1S/C18H21N5.FH/c1-12(2)15-10-19-22(11-15)18-20-17-13(3)9-16(23(17)21-18)14-7-5-4-6-8-14;/h4-8,10-13,16H,9H2,1-3H3;1H/t13-,16-;/m0./s1. The van der Waals surface area contributed by atoms with Crippen molar-refractivity contribution in [1.82, 2.24) is 24.5 Å². The molecule has 3 aromatic rings. The zero-order valence-corrected chi connectivity index (χ0v) is 14.1. The molecule has 0 unspecified atom stereocenters. The summed E-state index contributed by atoms with van der Waals surface area (Å²) in [5.41, 5.74) is 2.49. The third kappa shape index (κ3) is 2.62. The van der Waals surface area contributed by atoms with Crippen LogP contribution in [0.3, 0.4) is 0 Å². The summed E-state index contributed by atoms with van der Waals surface area (Å²) in [6.45, 7) is 6.54. The van der Waals surface area contributed by atoms with Crippen LogP contribution in [0.4, 0.5) is 4.70 Å². The lowest BCUT2D eigenvalue weighted by molar-refractivity contribution is 0.538. The highest BCUT2D eigenvalue weighted by Gasteiger charge is 2.32. The van der Waals surface area contributed by atoms with Crippen LogP contribution in [0.2, 0.25) is 0 Å². The monoisotopic (exact) mass is 327 g/mol. The molecule has 0 aliphatic carbocycles. The van der Waals surface area contributed by atoms with Crippen molar-refractivity contribution in [3.8, 4) is 5.95 Å². The van der Waals surface area contributed by atoms with Gasteiger partial charge in [-0.3, -0.25) is 4.70 Å². The number of hydrogen-bond acceptors (Lipinski definition) is 3. The van der Waals surface area contributed by atoms with Crippen molar-refractivity contribution in [3.05, 3.63) is 59.7 Å². The number of benzene rings is 1. The molecule has 0 saturated heterocycles. The summed E-state index contributed by atoms with van der Waals surface area (Å²) >= 11 is 0. The third-order valence-electron chi connectivity index (χ3n) is 4.62. The van der Waals surface area contributed by atoms with E-state index >= 15 is 0 Å². The van der Waals surface area contributed by atoms with E-state index in [4.69, 9.17) is 10.1 Å². The van der Waals surface area contributed by atoms with Gasteiger partial charge in [-0.15, -0.1) is 5.10 Å². The summed E-state index contributed by atoms with van der Waals surface area (Å²) in [6, 6.07) is 10.8. The molecule has 0 N–H and O–H groups in total. The molecule has 0 saturated carbocycles. The van der Waals surface area contributed by atoms with E-state index in [1.165, 1.54) is 11.1 Å². The molecule has 2 atom stereocenters. The smallest absolute Gasteiger partial charge is 0.269 e. The van der Waals surface area contributed by atoms with Crippen LogP contribution in [0, 0.1) is 0 Å². The molecule has 0 amide bonds. The fourth-order valence-electron chi connectivity index (χ4n) is 3.22. The van der Waals surface area contributed by atoms with E-state index in [0.717, 1.165) is 12.2 Å². The fourth-order valence-corrected chi connectivity index (χ4v) is 3.22. The van der Waals surface area contributed by atoms with E-state index in [1.807, 2.05) is 18.5 Å². The Morgan fingerprint density at radius 3 is 2.58 bits per heavy atom. The van der Waals surface area contributed by atoms with Gasteiger partial charge in [0.15, 0.2) is 0 Å². The van der Waals surface area contributed by atoms with Gasteiger partial charge in [-0.05, 0) is 23.5 Å². The first kappa shape index (κ1) is 16.4. The Kier molecular flexibility index (Phi) is 4.22. The van der Waals surface area contributed by atoms with E-state index < -0.39 is 0 Å². The predicted molar refractivity (Wildman–Crippen MR) is 91.3 cm³/mol. The van der Waals surface area contributed by atoms with Crippen molar-refractivity contribution in [2.45, 2.75) is 45.1 Å². The zero-order chi connectivity index (χ0) is 16.0. The predicted octanol–water partition coefficient (Wildman–Crippen LogP) is 3.84. The first-order valence-electron chi connectivity index (χ1n) is 8.20. The summed E-state index contributed by atoms with van der Waals surface area (Å²) in [4.78, 5) is 4.74. The fraction of sp³-hybridized carbons (Fsp3) is 0.389. The molecule has 1 aromatic carbocycles. The van der Waals surface area contributed by atoms with Gasteiger partial charge in [-0.1, -0.05) is 51.1 Å². The SMILES string of the molecule is CC(C)c1cnn(-c2nc3n(n2)[C@H](c2ccccc2)C[C@@H]3C)c1.F.